The third kappa shape index (κ3) is 7.94. The number of nitrogens with zero attached hydrogens (tertiary/aromatic N) is 2. The highest BCUT2D eigenvalue weighted by molar-refractivity contribution is 7.99. The van der Waals surface area contributed by atoms with Gasteiger partial charge in [-0.05, 0) is 24.9 Å². The summed E-state index contributed by atoms with van der Waals surface area (Å²) in [6.45, 7) is 2.51. The predicted molar refractivity (Wildman–Crippen MR) is 99.7 cm³/mol. The van der Waals surface area contributed by atoms with E-state index in [0.29, 0.717) is 25.6 Å². The Morgan fingerprint density at radius 1 is 1.23 bits per heavy atom. The van der Waals surface area contributed by atoms with Crippen molar-refractivity contribution in [3.63, 3.8) is 0 Å². The van der Waals surface area contributed by atoms with E-state index < -0.39 is 10.0 Å². The Bertz CT molecular complexity index is 423. The first kappa shape index (κ1) is 19.9. The molecule has 0 spiro atoms. The van der Waals surface area contributed by atoms with E-state index in [9.17, 15) is 8.42 Å². The fourth-order valence-electron chi connectivity index (χ4n) is 2.05. The number of unbranched alkanes of at least 4 members (excludes halogenated alkanes) is 1. The Kier molecular flexibility index (Phi) is 10.3. The van der Waals surface area contributed by atoms with Crippen molar-refractivity contribution in [3.8, 4) is 0 Å². The maximum absolute atomic E-state index is 12.2. The molecule has 0 aliphatic carbocycles. The van der Waals surface area contributed by atoms with Gasteiger partial charge in [-0.25, -0.2) is 12.7 Å². The van der Waals surface area contributed by atoms with Gasteiger partial charge in [-0.2, -0.15) is 23.5 Å². The second-order valence-corrected chi connectivity index (χ2v) is 9.25. The van der Waals surface area contributed by atoms with E-state index >= 15 is 0 Å². The highest BCUT2D eigenvalue weighted by Gasteiger charge is 2.23. The van der Waals surface area contributed by atoms with E-state index in [1.807, 2.05) is 23.5 Å². The third-order valence-electron chi connectivity index (χ3n) is 3.31. The summed E-state index contributed by atoms with van der Waals surface area (Å²) in [5.74, 6) is 3.75. The first-order valence-corrected chi connectivity index (χ1v) is 11.7. The van der Waals surface area contributed by atoms with Crippen LogP contribution in [0.25, 0.3) is 0 Å². The van der Waals surface area contributed by atoms with E-state index in [-0.39, 0.29) is 5.75 Å². The van der Waals surface area contributed by atoms with Gasteiger partial charge in [-0.15, -0.1) is 0 Å². The van der Waals surface area contributed by atoms with Gasteiger partial charge in [0.2, 0.25) is 10.0 Å². The van der Waals surface area contributed by atoms with Crippen LogP contribution in [0.2, 0.25) is 0 Å². The number of aliphatic imine (C=N–C) groups is 1. The second kappa shape index (κ2) is 11.4. The van der Waals surface area contributed by atoms with Crippen molar-refractivity contribution in [2.75, 3.05) is 62.5 Å². The minimum Gasteiger partial charge on any atom is -0.356 e. The largest absolute Gasteiger partial charge is 0.356 e. The Hall–Kier alpha value is -0.120. The molecule has 0 aromatic rings. The molecule has 22 heavy (non-hydrogen) atoms. The van der Waals surface area contributed by atoms with Gasteiger partial charge < -0.3 is 10.6 Å². The number of hydrogen-bond donors (Lipinski definition) is 2. The molecule has 1 aliphatic heterocycles. The van der Waals surface area contributed by atoms with Crippen LogP contribution in [0.4, 0.5) is 0 Å². The van der Waals surface area contributed by atoms with Crippen LogP contribution in [-0.2, 0) is 10.0 Å². The zero-order chi connectivity index (χ0) is 16.3. The van der Waals surface area contributed by atoms with Crippen molar-refractivity contribution in [1.29, 1.82) is 0 Å². The average molecular weight is 369 g/mol. The second-order valence-electron chi connectivity index (χ2n) is 4.95. The summed E-state index contributed by atoms with van der Waals surface area (Å²) in [6.07, 6.45) is 4.37. The summed E-state index contributed by atoms with van der Waals surface area (Å²) in [5, 5.41) is 6.29. The maximum Gasteiger partial charge on any atom is 0.215 e. The maximum atomic E-state index is 12.2. The molecule has 1 aliphatic rings. The standard InChI is InChI=1S/C13H28N4O2S3/c1-14-13(15-5-3-4-9-20-2)16-6-12-22(18,19)17-7-10-21-11-8-17/h3-12H2,1-2H3,(H2,14,15,16). The molecule has 0 aromatic carbocycles. The molecule has 0 saturated carbocycles. The summed E-state index contributed by atoms with van der Waals surface area (Å²) in [4.78, 5) is 4.12. The van der Waals surface area contributed by atoms with E-state index in [2.05, 4.69) is 21.9 Å². The molecule has 2 N–H and O–H groups in total. The van der Waals surface area contributed by atoms with Crippen LogP contribution in [0.1, 0.15) is 12.8 Å². The summed E-state index contributed by atoms with van der Waals surface area (Å²) in [5.41, 5.74) is 0. The minimum absolute atomic E-state index is 0.116. The van der Waals surface area contributed by atoms with Crippen LogP contribution < -0.4 is 10.6 Å². The van der Waals surface area contributed by atoms with Crippen LogP contribution in [0.5, 0.6) is 0 Å². The Labute approximate surface area is 143 Å². The lowest BCUT2D eigenvalue weighted by atomic mass is 10.3. The Balaban J connectivity index is 2.22. The molecule has 0 radical (unpaired) electrons. The van der Waals surface area contributed by atoms with E-state index in [4.69, 9.17) is 0 Å². The van der Waals surface area contributed by atoms with Gasteiger partial charge in [0, 0.05) is 44.7 Å². The van der Waals surface area contributed by atoms with Gasteiger partial charge in [-0.1, -0.05) is 0 Å². The fourth-order valence-corrected chi connectivity index (χ4v) is 5.04. The zero-order valence-corrected chi connectivity index (χ0v) is 16.0. The highest BCUT2D eigenvalue weighted by atomic mass is 32.2. The molecule has 6 nitrogen and oxygen atoms in total. The SMILES string of the molecule is CN=C(NCCCCSC)NCCS(=O)(=O)N1CCSCC1. The van der Waals surface area contributed by atoms with Crippen molar-refractivity contribution in [1.82, 2.24) is 14.9 Å². The molecular weight excluding hydrogens is 340 g/mol. The number of sulfonamides is 1. The monoisotopic (exact) mass is 368 g/mol. The molecule has 9 heteroatoms. The molecule has 0 atom stereocenters. The molecule has 0 aromatic heterocycles. The molecule has 0 amide bonds. The van der Waals surface area contributed by atoms with Gasteiger partial charge in [0.05, 0.1) is 5.75 Å². The lowest BCUT2D eigenvalue weighted by Crippen LogP contribution is -2.44. The normalized spacial score (nSPS) is 17.5. The van der Waals surface area contributed by atoms with Gasteiger partial charge >= 0.3 is 0 Å². The van der Waals surface area contributed by atoms with Crippen molar-refractivity contribution >= 4 is 39.5 Å². The highest BCUT2D eigenvalue weighted by Crippen LogP contribution is 2.12. The Morgan fingerprint density at radius 2 is 1.91 bits per heavy atom. The molecule has 1 heterocycles. The van der Waals surface area contributed by atoms with Crippen LogP contribution in [-0.4, -0.2) is 81.2 Å². The zero-order valence-electron chi connectivity index (χ0n) is 13.5. The van der Waals surface area contributed by atoms with Crippen LogP contribution in [0.3, 0.4) is 0 Å². The third-order valence-corrected chi connectivity index (χ3v) is 6.82. The lowest BCUT2D eigenvalue weighted by Gasteiger charge is -2.25. The summed E-state index contributed by atoms with van der Waals surface area (Å²) < 4.78 is 26.0. The number of rotatable bonds is 9. The molecule has 0 unspecified atom stereocenters. The summed E-state index contributed by atoms with van der Waals surface area (Å²) in [6, 6.07) is 0. The van der Waals surface area contributed by atoms with Crippen LogP contribution in [0.15, 0.2) is 4.99 Å². The van der Waals surface area contributed by atoms with Gasteiger partial charge in [0.15, 0.2) is 5.96 Å². The van der Waals surface area contributed by atoms with Crippen LogP contribution in [0, 0.1) is 0 Å². The lowest BCUT2D eigenvalue weighted by molar-refractivity contribution is 0.443. The van der Waals surface area contributed by atoms with E-state index in [1.54, 1.807) is 11.4 Å². The van der Waals surface area contributed by atoms with Crippen molar-refractivity contribution in [2.24, 2.45) is 4.99 Å². The van der Waals surface area contributed by atoms with Gasteiger partial charge in [0.25, 0.3) is 0 Å². The van der Waals surface area contributed by atoms with E-state index in [0.717, 1.165) is 24.5 Å². The number of guanidine groups is 1. The first-order valence-electron chi connectivity index (χ1n) is 7.59. The average Bonchev–Trinajstić information content (AvgIpc) is 2.53. The first-order chi connectivity index (χ1) is 10.6. The molecule has 0 bridgehead atoms. The molecule has 1 rings (SSSR count). The molecule has 130 valence electrons. The minimum atomic E-state index is -3.15. The predicted octanol–water partition coefficient (Wildman–Crippen LogP) is 0.673. The summed E-state index contributed by atoms with van der Waals surface area (Å²) in [7, 11) is -1.45. The number of hydrogen-bond acceptors (Lipinski definition) is 5. The topological polar surface area (TPSA) is 73.8 Å². The van der Waals surface area contributed by atoms with E-state index in [1.165, 1.54) is 12.2 Å². The molecule has 1 saturated heterocycles. The molecular formula is C13H28N4O2S3. The van der Waals surface area contributed by atoms with Gasteiger partial charge in [0.1, 0.15) is 0 Å². The smallest absolute Gasteiger partial charge is 0.215 e. The number of thioether (sulfide) groups is 2. The number of nitrogens with one attached hydrogen (secondary N) is 2. The van der Waals surface area contributed by atoms with Crippen molar-refractivity contribution < 1.29 is 8.42 Å². The van der Waals surface area contributed by atoms with Crippen LogP contribution >= 0.6 is 23.5 Å². The van der Waals surface area contributed by atoms with Crippen molar-refractivity contribution in [2.45, 2.75) is 12.8 Å². The van der Waals surface area contributed by atoms with Crippen molar-refractivity contribution in [3.05, 3.63) is 0 Å². The fraction of sp³-hybridized carbons (Fsp3) is 0.923. The Morgan fingerprint density at radius 3 is 2.55 bits per heavy atom. The van der Waals surface area contributed by atoms with Gasteiger partial charge in [-0.3, -0.25) is 4.99 Å². The summed E-state index contributed by atoms with van der Waals surface area (Å²) >= 11 is 3.66. The quantitative estimate of drug-likeness (QED) is 0.354. The molecule has 1 fully saturated rings.